The van der Waals surface area contributed by atoms with E-state index in [0.717, 1.165) is 18.4 Å². The number of aromatic hydroxyl groups is 1. The minimum Gasteiger partial charge on any atom is -0.507 e. The second-order valence-corrected chi connectivity index (χ2v) is 6.49. The highest BCUT2D eigenvalue weighted by Gasteiger charge is 2.28. The Bertz CT molecular complexity index is 806. The van der Waals surface area contributed by atoms with Crippen LogP contribution in [0.15, 0.2) is 30.3 Å². The van der Waals surface area contributed by atoms with E-state index in [4.69, 9.17) is 14.2 Å². The number of phenols is 1. The van der Waals surface area contributed by atoms with Crippen LogP contribution in [0.25, 0.3) is 11.1 Å². The van der Waals surface area contributed by atoms with Crippen molar-refractivity contribution in [1.82, 2.24) is 0 Å². The van der Waals surface area contributed by atoms with Crippen LogP contribution in [-0.2, 0) is 4.79 Å². The molecular weight excluding hydrogens is 332 g/mol. The van der Waals surface area contributed by atoms with Gasteiger partial charge in [0, 0.05) is 6.92 Å². The molecule has 3 rings (SSSR count). The number of hydrogen-bond donors (Lipinski definition) is 1. The molecule has 1 fully saturated rings. The van der Waals surface area contributed by atoms with Crippen LogP contribution in [0.5, 0.6) is 23.0 Å². The molecule has 1 N–H and O–H groups in total. The molecule has 0 aliphatic heterocycles. The fourth-order valence-corrected chi connectivity index (χ4v) is 3.78. The topological polar surface area (TPSA) is 65.0 Å². The van der Waals surface area contributed by atoms with Gasteiger partial charge in [0.05, 0.1) is 25.3 Å². The van der Waals surface area contributed by atoms with Crippen LogP contribution in [0.2, 0.25) is 0 Å². The molecule has 0 bridgehead atoms. The molecular formula is C21H24O5. The number of hydrogen-bond acceptors (Lipinski definition) is 5. The molecule has 2 aromatic carbocycles. The normalized spacial score (nSPS) is 14.3. The molecule has 1 aliphatic carbocycles. The number of rotatable bonds is 5. The van der Waals surface area contributed by atoms with E-state index < -0.39 is 5.97 Å². The average Bonchev–Trinajstić information content (AvgIpc) is 3.15. The van der Waals surface area contributed by atoms with Gasteiger partial charge in [-0.1, -0.05) is 25.0 Å². The van der Waals surface area contributed by atoms with Crippen LogP contribution < -0.4 is 14.2 Å². The van der Waals surface area contributed by atoms with E-state index in [2.05, 4.69) is 0 Å². The van der Waals surface area contributed by atoms with Gasteiger partial charge in [-0.3, -0.25) is 4.79 Å². The Morgan fingerprint density at radius 3 is 2.35 bits per heavy atom. The number of esters is 1. The number of carbonyl (C=O) groups is 1. The maximum absolute atomic E-state index is 11.5. The van der Waals surface area contributed by atoms with Gasteiger partial charge >= 0.3 is 5.97 Å². The molecule has 1 saturated carbocycles. The van der Waals surface area contributed by atoms with Gasteiger partial charge in [-0.2, -0.15) is 0 Å². The van der Waals surface area contributed by atoms with E-state index in [1.165, 1.54) is 19.8 Å². The highest BCUT2D eigenvalue weighted by Crippen LogP contribution is 2.51. The third-order valence-electron chi connectivity index (χ3n) is 4.88. The lowest BCUT2D eigenvalue weighted by Crippen LogP contribution is -2.05. The van der Waals surface area contributed by atoms with Crippen molar-refractivity contribution < 1.29 is 24.1 Å². The van der Waals surface area contributed by atoms with Gasteiger partial charge in [0.25, 0.3) is 0 Å². The summed E-state index contributed by atoms with van der Waals surface area (Å²) in [6.07, 6.45) is 4.62. The Labute approximate surface area is 153 Å². The van der Waals surface area contributed by atoms with Crippen molar-refractivity contribution in [3.63, 3.8) is 0 Å². The lowest BCUT2D eigenvalue weighted by Gasteiger charge is -2.22. The van der Waals surface area contributed by atoms with Crippen LogP contribution >= 0.6 is 0 Å². The lowest BCUT2D eigenvalue weighted by molar-refractivity contribution is -0.131. The fourth-order valence-electron chi connectivity index (χ4n) is 3.78. The summed E-state index contributed by atoms with van der Waals surface area (Å²) in [6.45, 7) is 1.33. The van der Waals surface area contributed by atoms with Crippen molar-refractivity contribution in [1.29, 1.82) is 0 Å². The van der Waals surface area contributed by atoms with Crippen molar-refractivity contribution >= 4 is 5.97 Å². The molecule has 0 aromatic heterocycles. The first-order valence-corrected chi connectivity index (χ1v) is 8.82. The fraction of sp³-hybridized carbons (Fsp3) is 0.381. The molecule has 0 radical (unpaired) electrons. The summed E-state index contributed by atoms with van der Waals surface area (Å²) in [5.74, 6) is 1.45. The summed E-state index contributed by atoms with van der Waals surface area (Å²) in [4.78, 5) is 11.5. The van der Waals surface area contributed by atoms with Gasteiger partial charge < -0.3 is 19.3 Å². The van der Waals surface area contributed by atoms with Crippen molar-refractivity contribution in [2.45, 2.75) is 38.5 Å². The summed E-state index contributed by atoms with van der Waals surface area (Å²) in [5, 5.41) is 10.6. The van der Waals surface area contributed by atoms with Gasteiger partial charge in [-0.05, 0) is 42.5 Å². The van der Waals surface area contributed by atoms with Gasteiger partial charge in [0.15, 0.2) is 0 Å². The minimum atomic E-state index is -0.457. The molecule has 138 valence electrons. The van der Waals surface area contributed by atoms with Crippen LogP contribution in [-0.4, -0.2) is 25.3 Å². The van der Waals surface area contributed by atoms with Gasteiger partial charge in [-0.15, -0.1) is 0 Å². The number of carbonyl (C=O) groups excluding carboxylic acids is 1. The van der Waals surface area contributed by atoms with Crippen molar-refractivity contribution in [3.8, 4) is 34.1 Å². The summed E-state index contributed by atoms with van der Waals surface area (Å²) in [7, 11) is 3.18. The number of phenolic OH excluding ortho intramolecular Hbond substituents is 1. The number of methoxy groups -OCH3 is 2. The summed E-state index contributed by atoms with van der Waals surface area (Å²) < 4.78 is 16.6. The molecule has 0 spiro atoms. The Kier molecular flexibility index (Phi) is 5.35. The van der Waals surface area contributed by atoms with Crippen molar-refractivity contribution in [2.24, 2.45) is 0 Å². The van der Waals surface area contributed by atoms with E-state index in [-0.39, 0.29) is 11.5 Å². The summed E-state index contributed by atoms with van der Waals surface area (Å²) in [6, 6.07) is 8.76. The quantitative estimate of drug-likeness (QED) is 0.623. The number of ether oxygens (including phenoxy) is 3. The predicted molar refractivity (Wildman–Crippen MR) is 99.2 cm³/mol. The second kappa shape index (κ2) is 7.68. The highest BCUT2D eigenvalue weighted by atomic mass is 16.5. The molecule has 2 aromatic rings. The summed E-state index contributed by atoms with van der Waals surface area (Å²) in [5.41, 5.74) is 2.10. The molecule has 5 nitrogen and oxygen atoms in total. The maximum Gasteiger partial charge on any atom is 0.308 e. The third-order valence-corrected chi connectivity index (χ3v) is 4.88. The SMILES string of the molecule is COc1ccc(C2CCCC2)c(OC)c1-c1c(O)cccc1OC(C)=O. The highest BCUT2D eigenvalue weighted by molar-refractivity contribution is 5.88. The molecule has 26 heavy (non-hydrogen) atoms. The van der Waals surface area contributed by atoms with Crippen LogP contribution in [0.3, 0.4) is 0 Å². The summed E-state index contributed by atoms with van der Waals surface area (Å²) >= 11 is 0. The van der Waals surface area contributed by atoms with Gasteiger partial charge in [0.1, 0.15) is 23.0 Å². The predicted octanol–water partition coefficient (Wildman–Crippen LogP) is 4.66. The largest absolute Gasteiger partial charge is 0.507 e. The number of benzene rings is 2. The van der Waals surface area contributed by atoms with E-state index in [9.17, 15) is 9.90 Å². The Hall–Kier alpha value is -2.69. The van der Waals surface area contributed by atoms with E-state index in [1.54, 1.807) is 32.4 Å². The van der Waals surface area contributed by atoms with Crippen LogP contribution in [0, 0.1) is 0 Å². The second-order valence-electron chi connectivity index (χ2n) is 6.49. The van der Waals surface area contributed by atoms with E-state index in [1.807, 2.05) is 12.1 Å². The first-order chi connectivity index (χ1) is 12.6. The zero-order valence-corrected chi connectivity index (χ0v) is 15.4. The van der Waals surface area contributed by atoms with Crippen molar-refractivity contribution in [3.05, 3.63) is 35.9 Å². The molecule has 5 heteroatoms. The molecule has 0 amide bonds. The first kappa shape index (κ1) is 18.1. The smallest absolute Gasteiger partial charge is 0.308 e. The Balaban J connectivity index is 2.27. The zero-order valence-electron chi connectivity index (χ0n) is 15.4. The third kappa shape index (κ3) is 3.34. The van der Waals surface area contributed by atoms with E-state index >= 15 is 0 Å². The van der Waals surface area contributed by atoms with E-state index in [0.29, 0.717) is 28.5 Å². The molecule has 0 unspecified atom stereocenters. The molecule has 0 heterocycles. The molecule has 1 aliphatic rings. The van der Waals surface area contributed by atoms with Crippen molar-refractivity contribution in [2.75, 3.05) is 14.2 Å². The minimum absolute atomic E-state index is 0.00363. The van der Waals surface area contributed by atoms with Gasteiger partial charge in [0.2, 0.25) is 0 Å². The lowest BCUT2D eigenvalue weighted by atomic mass is 9.91. The Morgan fingerprint density at radius 1 is 1.00 bits per heavy atom. The standard InChI is InChI=1S/C21H24O5/c1-13(22)26-18-10-6-9-16(23)19(18)20-17(24-2)12-11-15(21(20)25-3)14-7-4-5-8-14/h6,9-12,14,23H,4-5,7-8H2,1-3H3. The maximum atomic E-state index is 11.5. The molecule has 0 atom stereocenters. The van der Waals surface area contributed by atoms with Crippen LogP contribution in [0.1, 0.15) is 44.1 Å². The van der Waals surface area contributed by atoms with Gasteiger partial charge in [-0.25, -0.2) is 0 Å². The first-order valence-electron chi connectivity index (χ1n) is 8.82. The zero-order chi connectivity index (χ0) is 18.7. The Morgan fingerprint density at radius 2 is 1.73 bits per heavy atom. The molecule has 0 saturated heterocycles. The van der Waals surface area contributed by atoms with Crippen LogP contribution in [0.4, 0.5) is 0 Å². The average molecular weight is 356 g/mol. The monoisotopic (exact) mass is 356 g/mol.